The molecule has 0 bridgehead atoms. The summed E-state index contributed by atoms with van der Waals surface area (Å²) in [6, 6.07) is 5.42. The molecule has 2 amide bonds. The molecule has 2 rings (SSSR count). The number of nitrogens with zero attached hydrogens (tertiary/aromatic N) is 2. The molecular weight excluding hydrogens is 314 g/mol. The molecule has 0 aliphatic carbocycles. The molecule has 0 spiro atoms. The summed E-state index contributed by atoms with van der Waals surface area (Å²) in [6.07, 6.45) is 4.72. The number of anilines is 1. The number of amides is 2. The lowest BCUT2D eigenvalue weighted by atomic mass is 10.2. The van der Waals surface area contributed by atoms with Crippen LogP contribution in [-0.2, 0) is 16.0 Å². The molecule has 124 valence electrons. The first-order valence-corrected chi connectivity index (χ1v) is 8.57. The molecule has 2 aromatic rings. The molecular formula is C16H21N3O3S. The summed E-state index contributed by atoms with van der Waals surface area (Å²) < 4.78 is 4.67. The van der Waals surface area contributed by atoms with Gasteiger partial charge in [0, 0.05) is 17.5 Å². The van der Waals surface area contributed by atoms with Crippen molar-refractivity contribution in [2.45, 2.75) is 32.6 Å². The Morgan fingerprint density at radius 1 is 1.35 bits per heavy atom. The molecule has 0 unspecified atom stereocenters. The van der Waals surface area contributed by atoms with Crippen molar-refractivity contribution in [3.8, 4) is 0 Å². The van der Waals surface area contributed by atoms with E-state index in [0.29, 0.717) is 18.8 Å². The molecule has 0 aromatic carbocycles. The summed E-state index contributed by atoms with van der Waals surface area (Å²) in [7, 11) is 0. The topological polar surface area (TPSA) is 75.4 Å². The average Bonchev–Trinajstić information content (AvgIpc) is 3.20. The van der Waals surface area contributed by atoms with Gasteiger partial charge < -0.3 is 14.7 Å². The first-order chi connectivity index (χ1) is 11.2. The van der Waals surface area contributed by atoms with Crippen molar-refractivity contribution in [2.75, 3.05) is 18.4 Å². The lowest BCUT2D eigenvalue weighted by molar-refractivity contribution is -0.134. The van der Waals surface area contributed by atoms with Crippen LogP contribution in [0.3, 0.4) is 0 Å². The molecule has 0 saturated carbocycles. The van der Waals surface area contributed by atoms with E-state index < -0.39 is 0 Å². The molecule has 0 atom stereocenters. The molecule has 23 heavy (non-hydrogen) atoms. The van der Waals surface area contributed by atoms with E-state index in [1.165, 1.54) is 6.26 Å². The van der Waals surface area contributed by atoms with Crippen LogP contribution >= 0.6 is 11.3 Å². The minimum Gasteiger partial charge on any atom is -0.363 e. The standard InChI is InChI=1S/C16H21N3O3S/c1-2-3-4-8-19(16(21)11-13-6-5-10-23-13)12-15(20)17-14-7-9-22-18-14/h5-7,9-10H,2-4,8,11-12H2,1H3,(H,17,18,20). The Bertz CT molecular complexity index is 596. The van der Waals surface area contributed by atoms with Gasteiger partial charge >= 0.3 is 0 Å². The van der Waals surface area contributed by atoms with Crippen LogP contribution in [0.1, 0.15) is 31.1 Å². The Morgan fingerprint density at radius 3 is 2.87 bits per heavy atom. The zero-order chi connectivity index (χ0) is 16.5. The molecule has 7 heteroatoms. The highest BCUT2D eigenvalue weighted by Crippen LogP contribution is 2.11. The van der Waals surface area contributed by atoms with Gasteiger partial charge in [0.15, 0.2) is 5.82 Å². The van der Waals surface area contributed by atoms with Gasteiger partial charge in [-0.1, -0.05) is 31.0 Å². The van der Waals surface area contributed by atoms with E-state index in [1.807, 2.05) is 17.5 Å². The Morgan fingerprint density at radius 2 is 2.22 bits per heavy atom. The quantitative estimate of drug-likeness (QED) is 0.715. The fraction of sp³-hybridized carbons (Fsp3) is 0.438. The Labute approximate surface area is 139 Å². The van der Waals surface area contributed by atoms with Gasteiger partial charge in [0.25, 0.3) is 0 Å². The number of unbranched alkanes of at least 4 members (excludes halogenated alkanes) is 2. The summed E-state index contributed by atoms with van der Waals surface area (Å²) in [5.74, 6) is 0.0583. The first kappa shape index (κ1) is 17.2. The number of carbonyl (C=O) groups is 2. The predicted molar refractivity (Wildman–Crippen MR) is 89.3 cm³/mol. The number of rotatable bonds is 9. The average molecular weight is 335 g/mol. The van der Waals surface area contributed by atoms with Crippen LogP contribution in [0.2, 0.25) is 0 Å². The van der Waals surface area contributed by atoms with E-state index in [2.05, 4.69) is 21.9 Å². The van der Waals surface area contributed by atoms with Crippen molar-refractivity contribution in [2.24, 2.45) is 0 Å². The van der Waals surface area contributed by atoms with E-state index in [-0.39, 0.29) is 18.4 Å². The van der Waals surface area contributed by atoms with Crippen molar-refractivity contribution < 1.29 is 14.1 Å². The van der Waals surface area contributed by atoms with E-state index >= 15 is 0 Å². The number of nitrogens with one attached hydrogen (secondary N) is 1. The smallest absolute Gasteiger partial charge is 0.245 e. The lowest BCUT2D eigenvalue weighted by Crippen LogP contribution is -2.39. The summed E-state index contributed by atoms with van der Waals surface area (Å²) in [5, 5.41) is 8.20. The fourth-order valence-electron chi connectivity index (χ4n) is 2.15. The maximum atomic E-state index is 12.5. The minimum absolute atomic E-state index is 0.0286. The van der Waals surface area contributed by atoms with Crippen LogP contribution in [-0.4, -0.2) is 35.0 Å². The van der Waals surface area contributed by atoms with Crippen LogP contribution in [0.4, 0.5) is 5.82 Å². The van der Waals surface area contributed by atoms with Crippen LogP contribution in [0, 0.1) is 0 Å². The fourth-order valence-corrected chi connectivity index (χ4v) is 2.85. The van der Waals surface area contributed by atoms with Gasteiger partial charge in [-0.05, 0) is 17.9 Å². The summed E-state index contributed by atoms with van der Waals surface area (Å²) >= 11 is 1.55. The zero-order valence-corrected chi connectivity index (χ0v) is 14.0. The van der Waals surface area contributed by atoms with Gasteiger partial charge in [-0.15, -0.1) is 11.3 Å². The van der Waals surface area contributed by atoms with Crippen molar-refractivity contribution in [1.29, 1.82) is 0 Å². The summed E-state index contributed by atoms with van der Waals surface area (Å²) in [5.41, 5.74) is 0. The first-order valence-electron chi connectivity index (χ1n) is 7.69. The molecule has 2 heterocycles. The predicted octanol–water partition coefficient (Wildman–Crippen LogP) is 2.94. The molecule has 6 nitrogen and oxygen atoms in total. The molecule has 0 fully saturated rings. The molecule has 2 aromatic heterocycles. The number of hydrogen-bond acceptors (Lipinski definition) is 5. The Kier molecular flexibility index (Phi) is 6.80. The van der Waals surface area contributed by atoms with Gasteiger partial charge in [0.1, 0.15) is 6.26 Å². The third-order valence-corrected chi connectivity index (χ3v) is 4.21. The zero-order valence-electron chi connectivity index (χ0n) is 13.2. The molecule has 0 aliphatic rings. The van der Waals surface area contributed by atoms with Crippen molar-refractivity contribution in [3.05, 3.63) is 34.7 Å². The number of carbonyl (C=O) groups excluding carboxylic acids is 2. The number of thiophene rings is 1. The SMILES string of the molecule is CCCCCN(CC(=O)Nc1ccon1)C(=O)Cc1cccs1. The monoisotopic (exact) mass is 335 g/mol. The van der Waals surface area contributed by atoms with Gasteiger partial charge in [0.2, 0.25) is 11.8 Å². The van der Waals surface area contributed by atoms with E-state index in [0.717, 1.165) is 24.1 Å². The molecule has 0 radical (unpaired) electrons. The van der Waals surface area contributed by atoms with E-state index in [1.54, 1.807) is 22.3 Å². The maximum absolute atomic E-state index is 12.5. The number of hydrogen-bond donors (Lipinski definition) is 1. The van der Waals surface area contributed by atoms with Crippen LogP contribution < -0.4 is 5.32 Å². The Balaban J connectivity index is 1.92. The van der Waals surface area contributed by atoms with Crippen molar-refractivity contribution >= 4 is 29.0 Å². The third-order valence-electron chi connectivity index (χ3n) is 3.33. The molecule has 1 N–H and O–H groups in total. The minimum atomic E-state index is -0.269. The van der Waals surface area contributed by atoms with Crippen LogP contribution in [0.25, 0.3) is 0 Å². The highest BCUT2D eigenvalue weighted by molar-refractivity contribution is 7.10. The van der Waals surface area contributed by atoms with Crippen LogP contribution in [0.5, 0.6) is 0 Å². The Hall–Kier alpha value is -2.15. The highest BCUT2D eigenvalue weighted by atomic mass is 32.1. The second-order valence-electron chi connectivity index (χ2n) is 5.21. The van der Waals surface area contributed by atoms with Crippen LogP contribution in [0.15, 0.2) is 34.4 Å². The third kappa shape index (κ3) is 5.86. The van der Waals surface area contributed by atoms with Gasteiger partial charge in [-0.25, -0.2) is 0 Å². The largest absolute Gasteiger partial charge is 0.363 e. The molecule has 0 aliphatic heterocycles. The summed E-state index contributed by atoms with van der Waals surface area (Å²) in [4.78, 5) is 27.2. The van der Waals surface area contributed by atoms with Gasteiger partial charge in [0.05, 0.1) is 13.0 Å². The second-order valence-corrected chi connectivity index (χ2v) is 6.24. The second kappa shape index (κ2) is 9.09. The normalized spacial score (nSPS) is 10.5. The van der Waals surface area contributed by atoms with Crippen molar-refractivity contribution in [3.63, 3.8) is 0 Å². The molecule has 0 saturated heterocycles. The van der Waals surface area contributed by atoms with Crippen molar-refractivity contribution in [1.82, 2.24) is 10.1 Å². The van der Waals surface area contributed by atoms with E-state index in [4.69, 9.17) is 0 Å². The van der Waals surface area contributed by atoms with E-state index in [9.17, 15) is 9.59 Å². The van der Waals surface area contributed by atoms with Gasteiger partial charge in [-0.2, -0.15) is 0 Å². The summed E-state index contributed by atoms with van der Waals surface area (Å²) in [6.45, 7) is 2.72. The van der Waals surface area contributed by atoms with Gasteiger partial charge in [-0.3, -0.25) is 9.59 Å². The highest BCUT2D eigenvalue weighted by Gasteiger charge is 2.18. The number of aromatic nitrogens is 1. The maximum Gasteiger partial charge on any atom is 0.245 e. The lowest BCUT2D eigenvalue weighted by Gasteiger charge is -2.21.